The highest BCUT2D eigenvalue weighted by atomic mass is 32.2. The zero-order valence-electron chi connectivity index (χ0n) is 18.0. The van der Waals surface area contributed by atoms with E-state index in [2.05, 4.69) is 5.32 Å². The molecule has 9 heteroatoms. The Morgan fingerprint density at radius 3 is 2.47 bits per heavy atom. The number of nitrogens with one attached hydrogen (secondary N) is 1. The Kier molecular flexibility index (Phi) is 6.21. The number of carbonyl (C=O) groups is 2. The maximum absolute atomic E-state index is 13.1. The number of ether oxygens (including phenoxy) is 1. The third kappa shape index (κ3) is 4.35. The smallest absolute Gasteiger partial charge is 0.248 e. The number of sulfonamides is 1. The van der Waals surface area contributed by atoms with Crippen LogP contribution < -0.4 is 15.8 Å². The summed E-state index contributed by atoms with van der Waals surface area (Å²) in [6.07, 6.45) is 3.80. The fourth-order valence-corrected chi connectivity index (χ4v) is 5.93. The van der Waals surface area contributed by atoms with E-state index in [1.807, 2.05) is 6.07 Å². The molecule has 1 heterocycles. The lowest BCUT2D eigenvalue weighted by Crippen LogP contribution is -2.41. The molecule has 1 saturated heterocycles. The van der Waals surface area contributed by atoms with Gasteiger partial charge in [-0.3, -0.25) is 9.59 Å². The van der Waals surface area contributed by atoms with E-state index in [-0.39, 0.29) is 30.5 Å². The van der Waals surface area contributed by atoms with Crippen LogP contribution in [0.4, 0.5) is 5.69 Å². The Hall–Kier alpha value is -2.91. The fourth-order valence-electron chi connectivity index (χ4n) is 4.41. The molecule has 170 valence electrons. The van der Waals surface area contributed by atoms with E-state index >= 15 is 0 Å². The van der Waals surface area contributed by atoms with Crippen molar-refractivity contribution < 1.29 is 22.7 Å². The largest absolute Gasteiger partial charge is 0.495 e. The molecule has 2 amide bonds. The second-order valence-electron chi connectivity index (χ2n) is 8.23. The number of anilines is 1. The van der Waals surface area contributed by atoms with Crippen molar-refractivity contribution >= 4 is 27.5 Å². The predicted molar refractivity (Wildman–Crippen MR) is 120 cm³/mol. The minimum Gasteiger partial charge on any atom is -0.495 e. The second kappa shape index (κ2) is 8.91. The molecule has 8 nitrogen and oxygen atoms in total. The molecule has 3 N–H and O–H groups in total. The number of primary amides is 1. The molecular formula is C23H27N3O5S. The van der Waals surface area contributed by atoms with Gasteiger partial charge >= 0.3 is 0 Å². The van der Waals surface area contributed by atoms with Crippen LogP contribution >= 0.6 is 0 Å². The highest BCUT2D eigenvalue weighted by Gasteiger charge is 2.33. The summed E-state index contributed by atoms with van der Waals surface area (Å²) in [5, 5.41) is 2.80. The third-order valence-electron chi connectivity index (χ3n) is 6.27. The summed E-state index contributed by atoms with van der Waals surface area (Å²) in [5.74, 6) is -0.767. The van der Waals surface area contributed by atoms with Gasteiger partial charge in [-0.1, -0.05) is 6.07 Å². The topological polar surface area (TPSA) is 119 Å². The van der Waals surface area contributed by atoms with E-state index in [1.165, 1.54) is 29.1 Å². The molecule has 0 saturated carbocycles. The number of nitrogens with zero attached hydrogens (tertiary/aromatic N) is 1. The molecule has 0 bridgehead atoms. The summed E-state index contributed by atoms with van der Waals surface area (Å²) < 4.78 is 32.9. The number of hydrogen-bond donors (Lipinski definition) is 2. The maximum Gasteiger partial charge on any atom is 0.248 e. The van der Waals surface area contributed by atoms with Crippen LogP contribution in [0.5, 0.6) is 5.75 Å². The number of fused-ring (bicyclic) bond motifs is 1. The van der Waals surface area contributed by atoms with Crippen LogP contribution in [0.25, 0.3) is 0 Å². The number of amides is 2. The van der Waals surface area contributed by atoms with Gasteiger partial charge in [-0.25, -0.2) is 8.42 Å². The lowest BCUT2D eigenvalue weighted by molar-refractivity contribution is -0.120. The first-order valence-corrected chi connectivity index (χ1v) is 12.1. The lowest BCUT2D eigenvalue weighted by Gasteiger charge is -2.30. The number of benzene rings is 2. The Bertz CT molecular complexity index is 1150. The van der Waals surface area contributed by atoms with Gasteiger partial charge in [0.1, 0.15) is 5.75 Å². The van der Waals surface area contributed by atoms with Crippen molar-refractivity contribution in [1.82, 2.24) is 4.31 Å². The van der Waals surface area contributed by atoms with E-state index in [0.717, 1.165) is 24.8 Å². The third-order valence-corrected chi connectivity index (χ3v) is 8.17. The molecule has 2 aliphatic rings. The lowest BCUT2D eigenvalue weighted by atomic mass is 9.97. The van der Waals surface area contributed by atoms with Gasteiger partial charge in [-0.15, -0.1) is 0 Å². The second-order valence-corrected chi connectivity index (χ2v) is 10.2. The molecule has 1 aliphatic carbocycles. The van der Waals surface area contributed by atoms with Crippen molar-refractivity contribution in [2.24, 2.45) is 11.7 Å². The van der Waals surface area contributed by atoms with Crippen LogP contribution in [-0.4, -0.2) is 44.7 Å². The van der Waals surface area contributed by atoms with E-state index in [9.17, 15) is 18.0 Å². The molecule has 0 aromatic heterocycles. The molecule has 4 rings (SSSR count). The van der Waals surface area contributed by atoms with Gasteiger partial charge in [-0.2, -0.15) is 4.31 Å². The first-order chi connectivity index (χ1) is 15.3. The van der Waals surface area contributed by atoms with Gasteiger partial charge < -0.3 is 15.8 Å². The van der Waals surface area contributed by atoms with Gasteiger partial charge in [0, 0.05) is 24.6 Å². The zero-order chi connectivity index (χ0) is 22.9. The summed E-state index contributed by atoms with van der Waals surface area (Å²) >= 11 is 0. The SMILES string of the molecule is COc1ccc(C(N)=O)cc1NC(=O)C1CCN(S(=O)(=O)c2ccc3c(c2)CCC3)CC1. The van der Waals surface area contributed by atoms with Crippen molar-refractivity contribution in [1.29, 1.82) is 0 Å². The first kappa shape index (κ1) is 22.3. The first-order valence-electron chi connectivity index (χ1n) is 10.7. The van der Waals surface area contributed by atoms with Crippen molar-refractivity contribution in [2.75, 3.05) is 25.5 Å². The number of piperidine rings is 1. The summed E-state index contributed by atoms with van der Waals surface area (Å²) in [5.41, 5.74) is 8.30. The Labute approximate surface area is 187 Å². The van der Waals surface area contributed by atoms with Crippen molar-refractivity contribution in [2.45, 2.75) is 37.0 Å². The van der Waals surface area contributed by atoms with Crippen LogP contribution in [0.1, 0.15) is 40.7 Å². The predicted octanol–water partition coefficient (Wildman–Crippen LogP) is 2.32. The minimum atomic E-state index is -3.59. The molecule has 0 atom stereocenters. The van der Waals surface area contributed by atoms with Gasteiger partial charge in [0.15, 0.2) is 0 Å². The Balaban J connectivity index is 1.42. The summed E-state index contributed by atoms with van der Waals surface area (Å²) in [6, 6.07) is 9.99. The molecular weight excluding hydrogens is 430 g/mol. The highest BCUT2D eigenvalue weighted by Crippen LogP contribution is 2.30. The Morgan fingerprint density at radius 2 is 1.78 bits per heavy atom. The van der Waals surface area contributed by atoms with Gasteiger partial charge in [0.2, 0.25) is 21.8 Å². The summed E-state index contributed by atoms with van der Waals surface area (Å²) in [7, 11) is -2.12. The van der Waals surface area contributed by atoms with Gasteiger partial charge in [0.25, 0.3) is 0 Å². The van der Waals surface area contributed by atoms with Crippen molar-refractivity contribution in [3.8, 4) is 5.75 Å². The van der Waals surface area contributed by atoms with E-state index in [0.29, 0.717) is 29.2 Å². The number of hydrogen-bond acceptors (Lipinski definition) is 5. The molecule has 32 heavy (non-hydrogen) atoms. The number of nitrogens with two attached hydrogens (primary N) is 1. The summed E-state index contributed by atoms with van der Waals surface area (Å²) in [4.78, 5) is 24.6. The molecule has 1 fully saturated rings. The van der Waals surface area contributed by atoms with Crippen LogP contribution in [0, 0.1) is 5.92 Å². The minimum absolute atomic E-state index is 0.237. The monoisotopic (exact) mass is 457 g/mol. The van der Waals surface area contributed by atoms with Crippen LogP contribution in [0.3, 0.4) is 0 Å². The van der Waals surface area contributed by atoms with E-state index < -0.39 is 15.9 Å². The Morgan fingerprint density at radius 1 is 1.06 bits per heavy atom. The average molecular weight is 458 g/mol. The fraction of sp³-hybridized carbons (Fsp3) is 0.391. The van der Waals surface area contributed by atoms with Crippen LogP contribution in [-0.2, 0) is 27.7 Å². The van der Waals surface area contributed by atoms with E-state index in [4.69, 9.17) is 10.5 Å². The van der Waals surface area contributed by atoms with Crippen LogP contribution in [0.15, 0.2) is 41.3 Å². The standard InChI is InChI=1S/C23H27N3O5S/c1-31-21-8-6-18(22(24)27)14-20(21)25-23(28)16-9-11-26(12-10-16)32(29,30)19-7-5-15-3-2-4-17(15)13-19/h5-8,13-14,16H,2-4,9-12H2,1H3,(H2,24,27)(H,25,28). The molecule has 1 aliphatic heterocycles. The molecule has 0 spiro atoms. The number of rotatable bonds is 6. The summed E-state index contributed by atoms with van der Waals surface area (Å²) in [6.45, 7) is 0.548. The molecule has 2 aromatic carbocycles. The quantitative estimate of drug-likeness (QED) is 0.690. The van der Waals surface area contributed by atoms with Crippen LogP contribution in [0.2, 0.25) is 0 Å². The van der Waals surface area contributed by atoms with Gasteiger partial charge in [-0.05, 0) is 73.6 Å². The number of aryl methyl sites for hydroxylation is 2. The van der Waals surface area contributed by atoms with Crippen molar-refractivity contribution in [3.05, 3.63) is 53.1 Å². The average Bonchev–Trinajstić information content (AvgIpc) is 3.27. The van der Waals surface area contributed by atoms with Crippen molar-refractivity contribution in [3.63, 3.8) is 0 Å². The number of carbonyl (C=O) groups excluding carboxylic acids is 2. The zero-order valence-corrected chi connectivity index (χ0v) is 18.8. The molecule has 0 unspecified atom stereocenters. The normalized spacial score (nSPS) is 17.0. The highest BCUT2D eigenvalue weighted by molar-refractivity contribution is 7.89. The maximum atomic E-state index is 13.1. The van der Waals surface area contributed by atoms with E-state index in [1.54, 1.807) is 18.2 Å². The molecule has 2 aromatic rings. The number of methoxy groups -OCH3 is 1. The molecule has 0 radical (unpaired) electrons. The van der Waals surface area contributed by atoms with Gasteiger partial charge in [0.05, 0.1) is 17.7 Å².